The van der Waals surface area contributed by atoms with Crippen LogP contribution >= 0.6 is 0 Å². The van der Waals surface area contributed by atoms with E-state index in [1.54, 1.807) is 18.2 Å². The van der Waals surface area contributed by atoms with Crippen molar-refractivity contribution in [2.45, 2.75) is 6.42 Å². The summed E-state index contributed by atoms with van der Waals surface area (Å²) in [6.45, 7) is -0.738. The molecule has 3 rings (SSSR count). The number of nitro groups is 1. The van der Waals surface area contributed by atoms with E-state index in [4.69, 9.17) is 14.2 Å². The molecule has 1 atom stereocenters. The number of hydrazine groups is 1. The third kappa shape index (κ3) is 6.22. The van der Waals surface area contributed by atoms with E-state index < -0.39 is 41.1 Å². The number of esters is 1. The van der Waals surface area contributed by atoms with Crippen molar-refractivity contribution in [1.29, 1.82) is 0 Å². The topological polar surface area (TPSA) is 166 Å². The number of carbonyl (C=O) groups excluding carboxylic acids is 4. The van der Waals surface area contributed by atoms with Gasteiger partial charge in [-0.15, -0.1) is 0 Å². The van der Waals surface area contributed by atoms with Gasteiger partial charge in [0, 0.05) is 30.2 Å². The number of nitrogens with zero attached hydrogens (tertiary/aromatic N) is 2. The van der Waals surface area contributed by atoms with Crippen LogP contribution in [0.1, 0.15) is 16.8 Å². The molecule has 1 fully saturated rings. The Labute approximate surface area is 199 Å². The van der Waals surface area contributed by atoms with Gasteiger partial charge < -0.3 is 19.5 Å². The van der Waals surface area contributed by atoms with E-state index in [2.05, 4.69) is 10.7 Å². The van der Waals surface area contributed by atoms with Gasteiger partial charge in [0.15, 0.2) is 6.61 Å². The summed E-state index contributed by atoms with van der Waals surface area (Å²) >= 11 is 0. The summed E-state index contributed by atoms with van der Waals surface area (Å²) in [6.07, 6.45) is -0.215. The predicted octanol–water partition coefficient (Wildman–Crippen LogP) is 1.29. The van der Waals surface area contributed by atoms with Gasteiger partial charge in [0.2, 0.25) is 5.91 Å². The van der Waals surface area contributed by atoms with Crippen LogP contribution in [-0.4, -0.2) is 61.0 Å². The number of carbonyl (C=O) groups is 4. The summed E-state index contributed by atoms with van der Waals surface area (Å²) < 4.78 is 15.3. The van der Waals surface area contributed by atoms with Crippen LogP contribution in [0.25, 0.3) is 0 Å². The van der Waals surface area contributed by atoms with Crippen LogP contribution < -0.4 is 20.2 Å². The maximum atomic E-state index is 12.4. The molecule has 184 valence electrons. The molecule has 0 aromatic heterocycles. The Kier molecular flexibility index (Phi) is 7.81. The highest BCUT2D eigenvalue weighted by atomic mass is 16.6. The largest absolute Gasteiger partial charge is 0.497 e. The molecule has 0 bridgehead atoms. The molecule has 2 aromatic carbocycles. The lowest BCUT2D eigenvalue weighted by atomic mass is 10.1. The lowest BCUT2D eigenvalue weighted by Crippen LogP contribution is -2.43. The normalized spacial score (nSPS) is 14.7. The molecular formula is C22H22N4O9. The van der Waals surface area contributed by atoms with Crippen molar-refractivity contribution in [3.63, 3.8) is 0 Å². The van der Waals surface area contributed by atoms with Crippen molar-refractivity contribution in [1.82, 2.24) is 10.4 Å². The first kappa shape index (κ1) is 25.0. The first-order valence-electron chi connectivity index (χ1n) is 10.3. The monoisotopic (exact) mass is 486 g/mol. The van der Waals surface area contributed by atoms with Gasteiger partial charge in [-0.25, -0.2) is 0 Å². The minimum Gasteiger partial charge on any atom is -0.497 e. The molecule has 1 saturated heterocycles. The highest BCUT2D eigenvalue weighted by Gasteiger charge is 2.36. The van der Waals surface area contributed by atoms with Crippen LogP contribution in [0.15, 0.2) is 42.5 Å². The molecule has 13 heteroatoms. The number of nitrogens with one attached hydrogen (secondary N) is 2. The number of non-ortho nitro benzene ring substituents is 1. The molecule has 0 saturated carbocycles. The number of methoxy groups -OCH3 is 2. The first-order chi connectivity index (χ1) is 16.7. The maximum Gasteiger partial charge on any atom is 0.311 e. The van der Waals surface area contributed by atoms with Gasteiger partial charge >= 0.3 is 5.97 Å². The fraction of sp³-hybridized carbons (Fsp3) is 0.273. The Hall–Kier alpha value is -4.68. The first-order valence-corrected chi connectivity index (χ1v) is 10.3. The molecule has 1 aliphatic heterocycles. The highest BCUT2D eigenvalue weighted by molar-refractivity contribution is 5.97. The van der Waals surface area contributed by atoms with Gasteiger partial charge in [0.25, 0.3) is 17.5 Å². The molecule has 0 unspecified atom stereocenters. The Morgan fingerprint density at radius 1 is 1.11 bits per heavy atom. The molecular weight excluding hydrogens is 464 g/mol. The zero-order valence-corrected chi connectivity index (χ0v) is 18.8. The standard InChI is InChI=1S/C22H22N4O9/c1-33-16-7-8-17(18(10-16)34-2)23-19(27)12-35-22(30)14-9-20(28)25(11-14)24-21(29)13-3-5-15(6-4-13)26(31)32/h3-8,10,14H,9,11-12H2,1-2H3,(H,23,27)(H,24,29)/t14-/m1/s1. The predicted molar refractivity (Wildman–Crippen MR) is 120 cm³/mol. The molecule has 1 heterocycles. The summed E-state index contributed by atoms with van der Waals surface area (Å²) in [5.41, 5.74) is 2.63. The van der Waals surface area contributed by atoms with E-state index in [0.717, 1.165) is 17.1 Å². The van der Waals surface area contributed by atoms with Gasteiger partial charge in [-0.3, -0.25) is 39.7 Å². The number of benzene rings is 2. The number of hydrogen-bond donors (Lipinski definition) is 2. The Morgan fingerprint density at radius 3 is 2.46 bits per heavy atom. The Morgan fingerprint density at radius 2 is 1.83 bits per heavy atom. The molecule has 0 radical (unpaired) electrons. The lowest BCUT2D eigenvalue weighted by molar-refractivity contribution is -0.384. The molecule has 35 heavy (non-hydrogen) atoms. The number of rotatable bonds is 9. The summed E-state index contributed by atoms with van der Waals surface area (Å²) in [6, 6.07) is 9.57. The number of amides is 3. The van der Waals surface area contributed by atoms with E-state index in [0.29, 0.717) is 17.2 Å². The Balaban J connectivity index is 1.50. The average Bonchev–Trinajstić information content (AvgIpc) is 3.22. The van der Waals surface area contributed by atoms with Crippen LogP contribution in [0.3, 0.4) is 0 Å². The third-order valence-electron chi connectivity index (χ3n) is 5.06. The Bertz CT molecular complexity index is 1150. The van der Waals surface area contributed by atoms with Crippen molar-refractivity contribution < 1.29 is 38.3 Å². The van der Waals surface area contributed by atoms with E-state index in [9.17, 15) is 29.3 Å². The van der Waals surface area contributed by atoms with Gasteiger partial charge in [-0.1, -0.05) is 0 Å². The van der Waals surface area contributed by atoms with Crippen molar-refractivity contribution in [2.75, 3.05) is 32.7 Å². The second kappa shape index (κ2) is 11.0. The third-order valence-corrected chi connectivity index (χ3v) is 5.06. The SMILES string of the molecule is COc1ccc(NC(=O)COC(=O)[C@@H]2CC(=O)N(NC(=O)c3ccc([N+](=O)[O-])cc3)C2)c(OC)c1. The molecule has 0 spiro atoms. The fourth-order valence-electron chi connectivity index (χ4n) is 3.24. The number of anilines is 1. The number of ether oxygens (including phenoxy) is 3. The van der Waals surface area contributed by atoms with Crippen molar-refractivity contribution in [3.05, 3.63) is 58.1 Å². The molecule has 1 aliphatic rings. The zero-order valence-electron chi connectivity index (χ0n) is 18.8. The summed E-state index contributed by atoms with van der Waals surface area (Å²) in [5.74, 6) is -2.59. The summed E-state index contributed by atoms with van der Waals surface area (Å²) in [5, 5.41) is 14.2. The lowest BCUT2D eigenvalue weighted by Gasteiger charge is -2.17. The van der Waals surface area contributed by atoms with Gasteiger partial charge in [0.05, 0.1) is 37.3 Å². The van der Waals surface area contributed by atoms with Crippen molar-refractivity contribution in [3.8, 4) is 11.5 Å². The molecule has 2 N–H and O–H groups in total. The van der Waals surface area contributed by atoms with E-state index in [-0.39, 0.29) is 24.2 Å². The summed E-state index contributed by atoms with van der Waals surface area (Å²) in [7, 11) is 2.91. The van der Waals surface area contributed by atoms with Gasteiger partial charge in [0.1, 0.15) is 11.5 Å². The minimum atomic E-state index is -0.886. The number of nitro benzene ring substituents is 1. The molecule has 2 aromatic rings. The minimum absolute atomic E-state index is 0.0973. The van der Waals surface area contributed by atoms with Crippen molar-refractivity contribution >= 4 is 35.1 Å². The van der Waals surface area contributed by atoms with Crippen LogP contribution in [0.4, 0.5) is 11.4 Å². The second-order valence-electron chi connectivity index (χ2n) is 7.37. The molecule has 0 aliphatic carbocycles. The summed E-state index contributed by atoms with van der Waals surface area (Å²) in [4.78, 5) is 59.2. The van der Waals surface area contributed by atoms with Crippen LogP contribution in [-0.2, 0) is 19.1 Å². The highest BCUT2D eigenvalue weighted by Crippen LogP contribution is 2.29. The zero-order chi connectivity index (χ0) is 25.5. The molecule has 13 nitrogen and oxygen atoms in total. The van der Waals surface area contributed by atoms with Crippen LogP contribution in [0.2, 0.25) is 0 Å². The smallest absolute Gasteiger partial charge is 0.311 e. The van der Waals surface area contributed by atoms with Crippen LogP contribution in [0, 0.1) is 16.0 Å². The second-order valence-corrected chi connectivity index (χ2v) is 7.37. The average molecular weight is 486 g/mol. The van der Waals surface area contributed by atoms with Crippen LogP contribution in [0.5, 0.6) is 11.5 Å². The quantitative estimate of drug-likeness (QED) is 0.301. The van der Waals surface area contributed by atoms with Crippen molar-refractivity contribution in [2.24, 2.45) is 5.92 Å². The van der Waals surface area contributed by atoms with Gasteiger partial charge in [-0.05, 0) is 24.3 Å². The molecule has 3 amide bonds. The number of hydrogen-bond acceptors (Lipinski definition) is 9. The van der Waals surface area contributed by atoms with E-state index >= 15 is 0 Å². The van der Waals surface area contributed by atoms with Gasteiger partial charge in [-0.2, -0.15) is 0 Å². The van der Waals surface area contributed by atoms with E-state index in [1.165, 1.54) is 26.4 Å². The fourth-order valence-corrected chi connectivity index (χ4v) is 3.24. The maximum absolute atomic E-state index is 12.4. The van der Waals surface area contributed by atoms with E-state index in [1.807, 2.05) is 0 Å².